The van der Waals surface area contributed by atoms with E-state index in [0.717, 1.165) is 5.56 Å². The second kappa shape index (κ2) is 13.0. The standard InChI is InChI=1S/C26H30N8O6/c1-37-23-16-19(6-7-22(23)40-18-20-4-2-3-5-21(20)34(35)36)17-27-31-24-28-25(32-8-12-38-13-9-32)30-26(29-24)33-10-14-39-15-11-33/h2-7,16-17H,8-15,18H2,1H3,(H,28,29,30,31)/b27-17-. The third-order valence-electron chi connectivity index (χ3n) is 6.34. The summed E-state index contributed by atoms with van der Waals surface area (Å²) in [6.07, 6.45) is 1.61. The molecule has 3 heterocycles. The highest BCUT2D eigenvalue weighted by atomic mass is 16.6. The van der Waals surface area contributed by atoms with Gasteiger partial charge in [-0.05, 0) is 29.8 Å². The van der Waals surface area contributed by atoms with Gasteiger partial charge in [0.1, 0.15) is 6.61 Å². The van der Waals surface area contributed by atoms with Gasteiger partial charge in [-0.1, -0.05) is 12.1 Å². The number of nitro benzene ring substituents is 1. The Labute approximate surface area is 230 Å². The van der Waals surface area contributed by atoms with Crippen molar-refractivity contribution in [1.29, 1.82) is 0 Å². The van der Waals surface area contributed by atoms with Crippen molar-refractivity contribution in [2.24, 2.45) is 5.10 Å². The summed E-state index contributed by atoms with van der Waals surface area (Å²) < 4.78 is 22.2. The molecule has 0 atom stereocenters. The van der Waals surface area contributed by atoms with Crippen LogP contribution in [0.25, 0.3) is 0 Å². The van der Waals surface area contributed by atoms with Crippen molar-refractivity contribution >= 4 is 29.7 Å². The van der Waals surface area contributed by atoms with Crippen molar-refractivity contribution in [3.05, 3.63) is 63.7 Å². The molecular formula is C26H30N8O6. The van der Waals surface area contributed by atoms with Crippen molar-refractivity contribution in [3.63, 3.8) is 0 Å². The molecule has 3 aromatic rings. The van der Waals surface area contributed by atoms with Crippen LogP contribution in [0.5, 0.6) is 11.5 Å². The lowest BCUT2D eigenvalue weighted by atomic mass is 10.2. The Hall–Kier alpha value is -4.56. The van der Waals surface area contributed by atoms with E-state index in [-0.39, 0.29) is 12.3 Å². The first-order valence-corrected chi connectivity index (χ1v) is 12.8. The van der Waals surface area contributed by atoms with E-state index in [0.29, 0.717) is 87.5 Å². The summed E-state index contributed by atoms with van der Waals surface area (Å²) in [5, 5.41) is 15.6. The van der Waals surface area contributed by atoms with Crippen molar-refractivity contribution in [3.8, 4) is 11.5 Å². The van der Waals surface area contributed by atoms with Gasteiger partial charge in [0.05, 0.1) is 50.2 Å². The van der Waals surface area contributed by atoms with Crippen molar-refractivity contribution in [1.82, 2.24) is 15.0 Å². The molecule has 210 valence electrons. The van der Waals surface area contributed by atoms with Gasteiger partial charge in [0.15, 0.2) is 11.5 Å². The minimum absolute atomic E-state index is 0.00295. The van der Waals surface area contributed by atoms with E-state index >= 15 is 0 Å². The third kappa shape index (κ3) is 6.71. The maximum absolute atomic E-state index is 11.3. The molecule has 0 saturated carbocycles. The number of anilines is 3. The number of aromatic nitrogens is 3. The first-order chi connectivity index (χ1) is 19.6. The number of hydrazone groups is 1. The van der Waals surface area contributed by atoms with Gasteiger partial charge in [-0.2, -0.15) is 20.1 Å². The minimum Gasteiger partial charge on any atom is -0.493 e. The van der Waals surface area contributed by atoms with Crippen LogP contribution < -0.4 is 24.7 Å². The number of hydrogen-bond donors (Lipinski definition) is 1. The van der Waals surface area contributed by atoms with Gasteiger partial charge in [0.25, 0.3) is 5.69 Å². The van der Waals surface area contributed by atoms with Crippen LogP contribution in [0.4, 0.5) is 23.5 Å². The molecule has 0 unspecified atom stereocenters. The number of methoxy groups -OCH3 is 1. The summed E-state index contributed by atoms with van der Waals surface area (Å²) in [6.45, 7) is 5.27. The van der Waals surface area contributed by atoms with Crippen LogP contribution in [-0.2, 0) is 16.1 Å². The average molecular weight is 551 g/mol. The molecule has 2 aliphatic rings. The van der Waals surface area contributed by atoms with E-state index in [1.807, 2.05) is 0 Å². The van der Waals surface area contributed by atoms with Crippen LogP contribution in [0.2, 0.25) is 0 Å². The van der Waals surface area contributed by atoms with Crippen LogP contribution >= 0.6 is 0 Å². The highest BCUT2D eigenvalue weighted by molar-refractivity contribution is 5.81. The summed E-state index contributed by atoms with van der Waals surface area (Å²) >= 11 is 0. The van der Waals surface area contributed by atoms with Gasteiger partial charge in [-0.3, -0.25) is 10.1 Å². The minimum atomic E-state index is -0.428. The summed E-state index contributed by atoms with van der Waals surface area (Å²) in [4.78, 5) is 28.8. The van der Waals surface area contributed by atoms with Crippen LogP contribution in [0, 0.1) is 10.1 Å². The van der Waals surface area contributed by atoms with Crippen molar-refractivity contribution < 1.29 is 23.9 Å². The van der Waals surface area contributed by atoms with Gasteiger partial charge >= 0.3 is 0 Å². The zero-order valence-electron chi connectivity index (χ0n) is 22.1. The topological polar surface area (TPSA) is 150 Å². The predicted molar refractivity (Wildman–Crippen MR) is 148 cm³/mol. The molecular weight excluding hydrogens is 520 g/mol. The van der Waals surface area contributed by atoms with Crippen LogP contribution in [-0.4, -0.2) is 85.8 Å². The number of nitrogens with one attached hydrogen (secondary N) is 1. The fraction of sp³-hybridized carbons (Fsp3) is 0.385. The summed E-state index contributed by atoms with van der Waals surface area (Å²) in [6, 6.07) is 11.7. The molecule has 0 aliphatic carbocycles. The highest BCUT2D eigenvalue weighted by Crippen LogP contribution is 2.29. The number of nitro groups is 1. The molecule has 1 aromatic heterocycles. The summed E-state index contributed by atoms with van der Waals surface area (Å²) in [5.41, 5.74) is 4.13. The van der Waals surface area contributed by atoms with Crippen molar-refractivity contribution in [2.75, 3.05) is 74.9 Å². The zero-order chi connectivity index (χ0) is 27.7. The van der Waals surface area contributed by atoms with Crippen LogP contribution in [0.15, 0.2) is 47.6 Å². The Morgan fingerprint density at radius 3 is 2.25 bits per heavy atom. The van der Waals surface area contributed by atoms with Crippen molar-refractivity contribution in [2.45, 2.75) is 6.61 Å². The van der Waals surface area contributed by atoms with E-state index < -0.39 is 4.92 Å². The van der Waals surface area contributed by atoms with E-state index in [4.69, 9.17) is 23.9 Å². The largest absolute Gasteiger partial charge is 0.493 e. The predicted octanol–water partition coefficient (Wildman–Crippen LogP) is 2.49. The molecule has 0 radical (unpaired) electrons. The van der Waals surface area contributed by atoms with Crippen LogP contribution in [0.1, 0.15) is 11.1 Å². The monoisotopic (exact) mass is 550 g/mol. The van der Waals surface area contributed by atoms with E-state index in [1.54, 1.807) is 42.6 Å². The lowest BCUT2D eigenvalue weighted by Gasteiger charge is -2.30. The second-order valence-electron chi connectivity index (χ2n) is 8.91. The molecule has 40 heavy (non-hydrogen) atoms. The normalized spacial score (nSPS) is 15.7. The lowest BCUT2D eigenvalue weighted by Crippen LogP contribution is -2.40. The molecule has 14 heteroatoms. The van der Waals surface area contributed by atoms with Gasteiger partial charge in [-0.25, -0.2) is 5.43 Å². The smallest absolute Gasteiger partial charge is 0.276 e. The maximum atomic E-state index is 11.3. The molecule has 2 aromatic carbocycles. The van der Waals surface area contributed by atoms with E-state index in [1.165, 1.54) is 13.2 Å². The first kappa shape index (κ1) is 27.0. The molecule has 2 saturated heterocycles. The summed E-state index contributed by atoms with van der Waals surface area (Å²) in [7, 11) is 1.53. The number of nitrogens with zero attached hydrogens (tertiary/aromatic N) is 7. The quantitative estimate of drug-likeness (QED) is 0.224. The van der Waals surface area contributed by atoms with Gasteiger partial charge in [0, 0.05) is 32.2 Å². The van der Waals surface area contributed by atoms with E-state index in [2.05, 4.69) is 30.3 Å². The number of ether oxygens (including phenoxy) is 4. The average Bonchev–Trinajstić information content (AvgIpc) is 3.01. The lowest BCUT2D eigenvalue weighted by molar-refractivity contribution is -0.385. The molecule has 2 aliphatic heterocycles. The van der Waals surface area contributed by atoms with E-state index in [9.17, 15) is 10.1 Å². The molecule has 2 fully saturated rings. The Morgan fingerprint density at radius 2 is 1.62 bits per heavy atom. The molecule has 0 bridgehead atoms. The number of para-hydroxylation sites is 1. The third-order valence-corrected chi connectivity index (χ3v) is 6.34. The molecule has 1 N–H and O–H groups in total. The zero-order valence-corrected chi connectivity index (χ0v) is 22.1. The fourth-order valence-electron chi connectivity index (χ4n) is 4.23. The first-order valence-electron chi connectivity index (χ1n) is 12.8. The Bertz CT molecular complexity index is 1310. The molecule has 5 rings (SSSR count). The number of morpholine rings is 2. The SMILES string of the molecule is COc1cc(/C=N\Nc2nc(N3CCOCC3)nc(N3CCOCC3)n2)ccc1OCc1ccccc1[N+](=O)[O-]. The fourth-order valence-corrected chi connectivity index (χ4v) is 4.23. The molecule has 14 nitrogen and oxygen atoms in total. The highest BCUT2D eigenvalue weighted by Gasteiger charge is 2.21. The second-order valence-corrected chi connectivity index (χ2v) is 8.91. The summed E-state index contributed by atoms with van der Waals surface area (Å²) in [5.74, 6) is 2.38. The molecule has 0 amide bonds. The number of hydrogen-bond acceptors (Lipinski definition) is 13. The number of benzene rings is 2. The van der Waals surface area contributed by atoms with Gasteiger partial charge in [0.2, 0.25) is 17.8 Å². The number of rotatable bonds is 10. The Kier molecular flexibility index (Phi) is 8.78. The van der Waals surface area contributed by atoms with Crippen LogP contribution in [0.3, 0.4) is 0 Å². The maximum Gasteiger partial charge on any atom is 0.276 e. The molecule has 0 spiro atoms. The van der Waals surface area contributed by atoms with Gasteiger partial charge in [-0.15, -0.1) is 0 Å². The van der Waals surface area contributed by atoms with Gasteiger partial charge < -0.3 is 28.7 Å². The Morgan fingerprint density at radius 1 is 0.975 bits per heavy atom. The Balaban J connectivity index is 1.29.